The van der Waals surface area contributed by atoms with Crippen molar-refractivity contribution >= 4 is 0 Å². The average molecular weight is 799 g/mol. The molecule has 0 heterocycles. The number of fused-ring (bicyclic) bond motifs is 12. The largest absolute Gasteiger partial charge is 0.0642 e. The highest BCUT2D eigenvalue weighted by Gasteiger charge is 2.52. The van der Waals surface area contributed by atoms with Crippen LogP contribution < -0.4 is 0 Å². The third-order valence-corrected chi connectivity index (χ3v) is 16.8. The van der Waals surface area contributed by atoms with Crippen molar-refractivity contribution in [2.24, 2.45) is 0 Å². The van der Waals surface area contributed by atoms with Crippen molar-refractivity contribution in [2.75, 3.05) is 0 Å². The maximum Gasteiger partial charge on any atom is 0.0216 e. The topological polar surface area (TPSA) is 0 Å². The first-order valence-electron chi connectivity index (χ1n) is 23.4. The molecule has 0 fully saturated rings. The molecule has 0 aromatic heterocycles. The highest BCUT2D eigenvalue weighted by Crippen LogP contribution is 2.63. The molecule has 0 atom stereocenters. The van der Waals surface area contributed by atoms with Gasteiger partial charge in [0.25, 0.3) is 0 Å². The molecule has 62 heavy (non-hydrogen) atoms. The molecule has 0 heteroatoms. The predicted molar refractivity (Wildman–Crippen MR) is 259 cm³/mol. The summed E-state index contributed by atoms with van der Waals surface area (Å²) in [6.45, 7) is 4.87. The number of rotatable bonds is 11. The molecule has 8 aromatic rings. The van der Waals surface area contributed by atoms with Crippen LogP contribution >= 0.6 is 0 Å². The molecule has 0 N–H and O–H groups in total. The summed E-state index contributed by atoms with van der Waals surface area (Å²) in [5.74, 6) is 0. The van der Waals surface area contributed by atoms with Crippen LogP contribution in [0.4, 0.5) is 0 Å². The SMILES string of the molecule is CCC1(CCC2(CCC3(CCC4(CC)c5ccccc5-c5ccccc54)c4ccccc4-c4ccccc43)c3ccccc3-c3ccccc32)c2ccccc2-c2ccccc21. The van der Waals surface area contributed by atoms with Gasteiger partial charge in [0.05, 0.1) is 0 Å². The van der Waals surface area contributed by atoms with E-state index in [2.05, 4.69) is 208 Å². The van der Waals surface area contributed by atoms with Gasteiger partial charge in [-0.25, -0.2) is 0 Å². The lowest BCUT2D eigenvalue weighted by atomic mass is 9.60. The second-order valence-electron chi connectivity index (χ2n) is 18.9. The molecule has 8 aromatic carbocycles. The van der Waals surface area contributed by atoms with Gasteiger partial charge >= 0.3 is 0 Å². The molecule has 0 unspecified atom stereocenters. The van der Waals surface area contributed by atoms with Crippen molar-refractivity contribution in [1.29, 1.82) is 0 Å². The van der Waals surface area contributed by atoms with E-state index in [-0.39, 0.29) is 21.7 Å². The third kappa shape index (κ3) is 5.01. The second-order valence-corrected chi connectivity index (χ2v) is 18.9. The lowest BCUT2D eigenvalue weighted by Gasteiger charge is -2.42. The van der Waals surface area contributed by atoms with E-state index in [4.69, 9.17) is 0 Å². The maximum atomic E-state index is 2.49. The van der Waals surface area contributed by atoms with E-state index in [0.29, 0.717) is 0 Å². The Morgan fingerprint density at radius 1 is 0.210 bits per heavy atom. The van der Waals surface area contributed by atoms with Gasteiger partial charge < -0.3 is 0 Å². The van der Waals surface area contributed by atoms with Crippen molar-refractivity contribution in [3.63, 3.8) is 0 Å². The van der Waals surface area contributed by atoms with E-state index in [9.17, 15) is 0 Å². The van der Waals surface area contributed by atoms with Gasteiger partial charge in [0, 0.05) is 21.7 Å². The van der Waals surface area contributed by atoms with Crippen LogP contribution in [0.25, 0.3) is 44.5 Å². The van der Waals surface area contributed by atoms with Crippen LogP contribution in [0.3, 0.4) is 0 Å². The zero-order valence-corrected chi connectivity index (χ0v) is 36.1. The van der Waals surface area contributed by atoms with Crippen molar-refractivity contribution in [1.82, 2.24) is 0 Å². The molecule has 0 saturated carbocycles. The Labute approximate surface area is 368 Å². The molecular weight excluding hydrogens is 745 g/mol. The molecule has 0 spiro atoms. The van der Waals surface area contributed by atoms with Gasteiger partial charge in [0.1, 0.15) is 0 Å². The van der Waals surface area contributed by atoms with Crippen LogP contribution in [0.5, 0.6) is 0 Å². The summed E-state index contributed by atoms with van der Waals surface area (Å²) in [6, 6.07) is 75.1. The smallest absolute Gasteiger partial charge is 0.0216 e. The fraction of sp³-hybridized carbons (Fsp3) is 0.226. The highest BCUT2D eigenvalue weighted by atomic mass is 14.5. The molecule has 0 radical (unpaired) electrons. The molecule has 12 rings (SSSR count). The van der Waals surface area contributed by atoms with E-state index in [1.165, 1.54) is 89.0 Å². The van der Waals surface area contributed by atoms with Crippen molar-refractivity contribution in [2.45, 2.75) is 86.9 Å². The monoisotopic (exact) mass is 798 g/mol. The Hall–Kier alpha value is -6.24. The Morgan fingerprint density at radius 3 is 0.532 bits per heavy atom. The molecule has 0 amide bonds. The normalized spacial score (nSPS) is 16.6. The first kappa shape index (κ1) is 37.5. The standard InChI is InChI=1S/C62H54/c1-3-59(51-29-13-5-21-43(51)44-22-6-14-30-52(44)59)37-39-61(55-33-17-9-25-47(55)48-26-10-18-34-56(48)61)41-42-62(57-35-19-11-27-49(57)50-28-12-20-36-58(50)62)40-38-60(4-2)53-31-15-7-23-45(53)46-24-8-16-32-54(46)60/h5-36H,3-4,37-42H2,1-2H3. The average Bonchev–Trinajstić information content (AvgIpc) is 4.00. The lowest BCUT2D eigenvalue weighted by molar-refractivity contribution is 0.302. The van der Waals surface area contributed by atoms with Gasteiger partial charge in [0.2, 0.25) is 0 Å². The zero-order valence-electron chi connectivity index (χ0n) is 36.1. The first-order chi connectivity index (χ1) is 30.6. The van der Waals surface area contributed by atoms with E-state index in [1.807, 2.05) is 0 Å². The summed E-state index contributed by atoms with van der Waals surface area (Å²) in [5, 5.41) is 0. The summed E-state index contributed by atoms with van der Waals surface area (Å²) in [5.41, 5.74) is 23.1. The van der Waals surface area contributed by atoms with Crippen LogP contribution in [-0.2, 0) is 21.7 Å². The minimum absolute atomic E-state index is 0.0479. The zero-order chi connectivity index (χ0) is 41.5. The maximum absolute atomic E-state index is 2.49. The Morgan fingerprint density at radius 2 is 0.355 bits per heavy atom. The van der Waals surface area contributed by atoms with Gasteiger partial charge in [-0.2, -0.15) is 0 Å². The van der Waals surface area contributed by atoms with E-state index >= 15 is 0 Å². The van der Waals surface area contributed by atoms with E-state index < -0.39 is 0 Å². The van der Waals surface area contributed by atoms with E-state index in [1.54, 1.807) is 0 Å². The van der Waals surface area contributed by atoms with Gasteiger partial charge in [-0.3, -0.25) is 0 Å². The minimum atomic E-state index is -0.156. The third-order valence-electron chi connectivity index (χ3n) is 16.8. The van der Waals surface area contributed by atoms with Crippen LogP contribution in [-0.4, -0.2) is 0 Å². The van der Waals surface area contributed by atoms with Crippen LogP contribution in [0, 0.1) is 0 Å². The van der Waals surface area contributed by atoms with Crippen molar-refractivity contribution in [3.05, 3.63) is 239 Å². The number of hydrogen-bond donors (Lipinski definition) is 0. The second kappa shape index (κ2) is 14.1. The Bertz CT molecular complexity index is 2640. The van der Waals surface area contributed by atoms with Crippen LogP contribution in [0.15, 0.2) is 194 Å². The summed E-state index contributed by atoms with van der Waals surface area (Å²) >= 11 is 0. The lowest BCUT2D eigenvalue weighted by Crippen LogP contribution is -2.36. The molecule has 0 bridgehead atoms. The first-order valence-corrected chi connectivity index (χ1v) is 23.4. The summed E-state index contributed by atoms with van der Waals surface area (Å²) in [6.07, 6.45) is 8.63. The molecule has 302 valence electrons. The summed E-state index contributed by atoms with van der Waals surface area (Å²) in [7, 11) is 0. The van der Waals surface area contributed by atoms with Crippen LogP contribution in [0.1, 0.15) is 110 Å². The Kier molecular flexibility index (Phi) is 8.56. The summed E-state index contributed by atoms with van der Waals surface area (Å²) < 4.78 is 0. The summed E-state index contributed by atoms with van der Waals surface area (Å²) in [4.78, 5) is 0. The van der Waals surface area contributed by atoms with Crippen LogP contribution in [0.2, 0.25) is 0 Å². The number of hydrogen-bond acceptors (Lipinski definition) is 0. The van der Waals surface area contributed by atoms with Crippen molar-refractivity contribution in [3.8, 4) is 44.5 Å². The van der Waals surface area contributed by atoms with Gasteiger partial charge in [-0.05, 0) is 140 Å². The molecular formula is C62H54. The van der Waals surface area contributed by atoms with Gasteiger partial charge in [0.15, 0.2) is 0 Å². The molecule has 0 aliphatic heterocycles. The molecule has 0 saturated heterocycles. The predicted octanol–water partition coefficient (Wildman–Crippen LogP) is 16.0. The van der Waals surface area contributed by atoms with Gasteiger partial charge in [-0.1, -0.05) is 208 Å². The molecule has 4 aliphatic rings. The molecule has 0 nitrogen and oxygen atoms in total. The minimum Gasteiger partial charge on any atom is -0.0642 e. The number of benzene rings is 8. The van der Waals surface area contributed by atoms with Crippen molar-refractivity contribution < 1.29 is 0 Å². The Balaban J connectivity index is 1.02. The molecule has 4 aliphatic carbocycles. The van der Waals surface area contributed by atoms with E-state index in [0.717, 1.165) is 51.4 Å². The highest BCUT2D eigenvalue weighted by molar-refractivity contribution is 5.85. The van der Waals surface area contributed by atoms with Gasteiger partial charge in [-0.15, -0.1) is 0 Å². The fourth-order valence-corrected chi connectivity index (χ4v) is 13.9. The quantitative estimate of drug-likeness (QED) is 0.122. The fourth-order valence-electron chi connectivity index (χ4n) is 13.9.